The highest BCUT2D eigenvalue weighted by molar-refractivity contribution is 6.30. The zero-order valence-corrected chi connectivity index (χ0v) is 12.9. The summed E-state index contributed by atoms with van der Waals surface area (Å²) in [6, 6.07) is 9.78. The van der Waals surface area contributed by atoms with Gasteiger partial charge in [-0.15, -0.1) is 0 Å². The van der Waals surface area contributed by atoms with Gasteiger partial charge in [0.15, 0.2) is 0 Å². The number of nitrogens with zero attached hydrogens (tertiary/aromatic N) is 2. The van der Waals surface area contributed by atoms with E-state index in [1.807, 2.05) is 12.1 Å². The number of benzene rings is 1. The van der Waals surface area contributed by atoms with Crippen LogP contribution in [0.4, 0.5) is 0 Å². The molecule has 3 rings (SSSR count). The van der Waals surface area contributed by atoms with Gasteiger partial charge in [0.2, 0.25) is 0 Å². The van der Waals surface area contributed by atoms with E-state index in [0.717, 1.165) is 17.6 Å². The minimum Gasteiger partial charge on any atom is -0.329 e. The normalized spacial score (nSPS) is 29.4. The molecule has 1 aromatic carbocycles. The van der Waals surface area contributed by atoms with Gasteiger partial charge < -0.3 is 5.73 Å². The SMILES string of the molecule is CC1CN2CCCC2CN1C(CN)c1ccc(Cl)cc1. The highest BCUT2D eigenvalue weighted by Crippen LogP contribution is 2.31. The zero-order valence-electron chi connectivity index (χ0n) is 12.1. The molecule has 3 unspecified atom stereocenters. The number of hydrogen-bond donors (Lipinski definition) is 1. The lowest BCUT2D eigenvalue weighted by Crippen LogP contribution is -2.56. The summed E-state index contributed by atoms with van der Waals surface area (Å²) in [5.74, 6) is 0. The van der Waals surface area contributed by atoms with Crippen molar-refractivity contribution in [2.75, 3.05) is 26.2 Å². The molecule has 0 spiro atoms. The monoisotopic (exact) mass is 293 g/mol. The van der Waals surface area contributed by atoms with Crippen LogP contribution in [0, 0.1) is 0 Å². The minimum atomic E-state index is 0.310. The van der Waals surface area contributed by atoms with E-state index in [2.05, 4.69) is 28.9 Å². The average molecular weight is 294 g/mol. The Morgan fingerprint density at radius 2 is 2.05 bits per heavy atom. The summed E-state index contributed by atoms with van der Waals surface area (Å²) in [6.07, 6.45) is 2.68. The van der Waals surface area contributed by atoms with Gasteiger partial charge >= 0.3 is 0 Å². The molecule has 0 radical (unpaired) electrons. The largest absolute Gasteiger partial charge is 0.329 e. The second-order valence-electron chi connectivity index (χ2n) is 6.14. The topological polar surface area (TPSA) is 32.5 Å². The third-order valence-electron chi connectivity index (χ3n) is 4.86. The van der Waals surface area contributed by atoms with Gasteiger partial charge in [0.25, 0.3) is 0 Å². The summed E-state index contributed by atoms with van der Waals surface area (Å²) < 4.78 is 0. The molecule has 3 atom stereocenters. The quantitative estimate of drug-likeness (QED) is 0.929. The number of halogens is 1. The Kier molecular flexibility index (Phi) is 4.32. The Balaban J connectivity index is 1.79. The Labute approximate surface area is 126 Å². The van der Waals surface area contributed by atoms with Gasteiger partial charge in [0, 0.05) is 42.8 Å². The fraction of sp³-hybridized carbons (Fsp3) is 0.625. The van der Waals surface area contributed by atoms with Gasteiger partial charge in [-0.25, -0.2) is 0 Å². The van der Waals surface area contributed by atoms with Gasteiger partial charge in [-0.3, -0.25) is 9.80 Å². The first-order valence-electron chi connectivity index (χ1n) is 7.64. The summed E-state index contributed by atoms with van der Waals surface area (Å²) in [7, 11) is 0. The van der Waals surface area contributed by atoms with Gasteiger partial charge in [-0.2, -0.15) is 0 Å². The Morgan fingerprint density at radius 1 is 1.30 bits per heavy atom. The highest BCUT2D eigenvalue weighted by Gasteiger charge is 2.37. The van der Waals surface area contributed by atoms with Crippen LogP contribution in [0.1, 0.15) is 31.4 Å². The van der Waals surface area contributed by atoms with Crippen LogP contribution in [0.25, 0.3) is 0 Å². The first-order chi connectivity index (χ1) is 9.69. The summed E-state index contributed by atoms with van der Waals surface area (Å²) in [6.45, 7) is 6.59. The summed E-state index contributed by atoms with van der Waals surface area (Å²) in [5, 5.41) is 0.790. The molecule has 2 saturated heterocycles. The highest BCUT2D eigenvalue weighted by atomic mass is 35.5. The predicted molar refractivity (Wildman–Crippen MR) is 84.0 cm³/mol. The van der Waals surface area contributed by atoms with E-state index in [-0.39, 0.29) is 0 Å². The van der Waals surface area contributed by atoms with E-state index in [1.54, 1.807) is 0 Å². The van der Waals surface area contributed by atoms with Crippen molar-refractivity contribution in [3.63, 3.8) is 0 Å². The standard InChI is InChI=1S/C16H24ClN3/c1-12-10-19-8-2-3-15(19)11-20(12)16(9-18)13-4-6-14(17)7-5-13/h4-7,12,15-16H,2-3,8-11,18H2,1H3. The van der Waals surface area contributed by atoms with E-state index < -0.39 is 0 Å². The molecule has 0 saturated carbocycles. The molecule has 2 aliphatic rings. The van der Waals surface area contributed by atoms with Crippen LogP contribution >= 0.6 is 11.6 Å². The minimum absolute atomic E-state index is 0.310. The van der Waals surface area contributed by atoms with E-state index >= 15 is 0 Å². The van der Waals surface area contributed by atoms with Crippen molar-refractivity contribution in [1.82, 2.24) is 9.80 Å². The lowest BCUT2D eigenvalue weighted by atomic mass is 9.99. The number of hydrogen-bond acceptors (Lipinski definition) is 3. The Morgan fingerprint density at radius 3 is 2.75 bits per heavy atom. The average Bonchev–Trinajstić information content (AvgIpc) is 2.89. The molecule has 0 aromatic heterocycles. The number of piperazine rings is 1. The maximum atomic E-state index is 6.08. The third kappa shape index (κ3) is 2.73. The maximum absolute atomic E-state index is 6.08. The fourth-order valence-electron chi connectivity index (χ4n) is 3.79. The number of fused-ring (bicyclic) bond motifs is 1. The van der Waals surface area contributed by atoms with Gasteiger partial charge in [0.1, 0.15) is 0 Å². The summed E-state index contributed by atoms with van der Waals surface area (Å²) >= 11 is 6.00. The van der Waals surface area contributed by atoms with Crippen molar-refractivity contribution in [1.29, 1.82) is 0 Å². The molecule has 2 aliphatic heterocycles. The molecule has 1 aromatic rings. The molecule has 2 heterocycles. The molecule has 0 amide bonds. The van der Waals surface area contributed by atoms with Crippen LogP contribution < -0.4 is 5.73 Å². The van der Waals surface area contributed by atoms with Crippen molar-refractivity contribution in [2.45, 2.75) is 37.9 Å². The summed E-state index contributed by atoms with van der Waals surface area (Å²) in [5.41, 5.74) is 7.37. The van der Waals surface area contributed by atoms with Crippen LogP contribution in [-0.2, 0) is 0 Å². The first-order valence-corrected chi connectivity index (χ1v) is 8.02. The van der Waals surface area contributed by atoms with E-state index in [9.17, 15) is 0 Å². The van der Waals surface area contributed by atoms with Crippen molar-refractivity contribution in [3.05, 3.63) is 34.9 Å². The fourth-order valence-corrected chi connectivity index (χ4v) is 3.92. The zero-order chi connectivity index (χ0) is 14.1. The molecule has 110 valence electrons. The van der Waals surface area contributed by atoms with Crippen LogP contribution in [0.3, 0.4) is 0 Å². The molecule has 2 fully saturated rings. The van der Waals surface area contributed by atoms with E-state index in [0.29, 0.717) is 18.6 Å². The van der Waals surface area contributed by atoms with E-state index in [1.165, 1.54) is 31.5 Å². The molecule has 20 heavy (non-hydrogen) atoms. The number of rotatable bonds is 3. The van der Waals surface area contributed by atoms with Crippen molar-refractivity contribution in [3.8, 4) is 0 Å². The summed E-state index contributed by atoms with van der Waals surface area (Å²) in [4.78, 5) is 5.24. The van der Waals surface area contributed by atoms with Gasteiger partial charge in [0.05, 0.1) is 0 Å². The van der Waals surface area contributed by atoms with Gasteiger partial charge in [-0.05, 0) is 44.0 Å². The lowest BCUT2D eigenvalue weighted by molar-refractivity contribution is 0.0296. The molecule has 4 heteroatoms. The van der Waals surface area contributed by atoms with Crippen molar-refractivity contribution >= 4 is 11.6 Å². The van der Waals surface area contributed by atoms with Crippen LogP contribution in [0.5, 0.6) is 0 Å². The van der Waals surface area contributed by atoms with Crippen LogP contribution in [-0.4, -0.2) is 48.1 Å². The lowest BCUT2D eigenvalue weighted by Gasteiger charge is -2.46. The van der Waals surface area contributed by atoms with Crippen LogP contribution in [0.2, 0.25) is 5.02 Å². The molecule has 0 bridgehead atoms. The Hall–Kier alpha value is -0.610. The molecule has 3 nitrogen and oxygen atoms in total. The van der Waals surface area contributed by atoms with E-state index in [4.69, 9.17) is 17.3 Å². The molecule has 0 aliphatic carbocycles. The third-order valence-corrected chi connectivity index (χ3v) is 5.12. The van der Waals surface area contributed by atoms with Crippen LogP contribution in [0.15, 0.2) is 24.3 Å². The van der Waals surface area contributed by atoms with Crippen molar-refractivity contribution in [2.24, 2.45) is 5.73 Å². The smallest absolute Gasteiger partial charge is 0.0474 e. The second-order valence-corrected chi connectivity index (χ2v) is 6.58. The van der Waals surface area contributed by atoms with Gasteiger partial charge in [-0.1, -0.05) is 23.7 Å². The molecule has 2 N–H and O–H groups in total. The molecular weight excluding hydrogens is 270 g/mol. The number of nitrogens with two attached hydrogens (primary N) is 1. The predicted octanol–water partition coefficient (Wildman–Crippen LogP) is 2.51. The maximum Gasteiger partial charge on any atom is 0.0474 e. The first kappa shape index (κ1) is 14.3. The van der Waals surface area contributed by atoms with Crippen molar-refractivity contribution < 1.29 is 0 Å². The Bertz CT molecular complexity index is 448. The molecular formula is C16H24ClN3. The second kappa shape index (κ2) is 6.02.